The number of aliphatic hydroxyl groups excluding tert-OH is 1. The number of carbonyl (C=O) groups excluding carboxylic acids is 9. The van der Waals surface area contributed by atoms with Crippen molar-refractivity contribution in [2.24, 2.45) is 0 Å². The number of rotatable bonds is 13. The van der Waals surface area contributed by atoms with Crippen molar-refractivity contribution in [3.63, 3.8) is 0 Å². The van der Waals surface area contributed by atoms with Crippen LogP contribution in [0.4, 0.5) is 0 Å². The maximum atomic E-state index is 13.5. The predicted molar refractivity (Wildman–Crippen MR) is 171 cm³/mol. The van der Waals surface area contributed by atoms with Gasteiger partial charge in [0, 0.05) is 40.4 Å². The van der Waals surface area contributed by atoms with E-state index in [9.17, 15) is 63.9 Å². The zero-order valence-electron chi connectivity index (χ0n) is 28.3. The van der Waals surface area contributed by atoms with Gasteiger partial charge in [-0.05, 0) is 38.5 Å². The van der Waals surface area contributed by atoms with E-state index in [1.807, 2.05) is 0 Å². The van der Waals surface area contributed by atoms with Crippen molar-refractivity contribution < 1.29 is 65.3 Å². The van der Waals surface area contributed by atoms with E-state index < -0.39 is 97.0 Å². The van der Waals surface area contributed by atoms with Crippen LogP contribution in [0.5, 0.6) is 0 Å². The molecule has 0 aliphatic carbocycles. The fraction of sp³-hybridized carbons (Fsp3) is 0.679. The molecule has 1 aliphatic rings. The summed E-state index contributed by atoms with van der Waals surface area (Å²) < 4.78 is 0. The Kier molecular flexibility index (Phi) is 21.8. The zero-order valence-corrected chi connectivity index (χ0v) is 29.4. The second-order valence-electron chi connectivity index (χ2n) is 11.3. The first-order valence-corrected chi connectivity index (χ1v) is 15.7. The van der Waals surface area contributed by atoms with E-state index in [0.717, 1.165) is 20.8 Å². The number of hydrogen-bond acceptors (Lipinski definition) is 13. The van der Waals surface area contributed by atoms with Gasteiger partial charge in [-0.2, -0.15) is 0 Å². The monoisotopic (exact) mass is 770 g/mol. The second kappa shape index (κ2) is 23.9. The molecule has 1 rings (SSSR count). The van der Waals surface area contributed by atoms with Crippen molar-refractivity contribution in [3.8, 4) is 0 Å². The number of amides is 9. The minimum absolute atomic E-state index is 0. The summed E-state index contributed by atoms with van der Waals surface area (Å²) in [5.41, 5.74) is 0. The van der Waals surface area contributed by atoms with Crippen molar-refractivity contribution in [2.75, 3.05) is 39.3 Å². The van der Waals surface area contributed by atoms with Gasteiger partial charge in [0.15, 0.2) is 0 Å². The summed E-state index contributed by atoms with van der Waals surface area (Å²) >= 11 is 0. The number of carbonyl (C=O) groups is 9. The summed E-state index contributed by atoms with van der Waals surface area (Å²) in [6.07, 6.45) is -1.09. The normalized spacial score (nSPS) is 20.8. The molecule has 22 nitrogen and oxygen atoms in total. The van der Waals surface area contributed by atoms with Gasteiger partial charge in [-0.15, -0.1) is 0 Å². The molecule has 51 heavy (non-hydrogen) atoms. The van der Waals surface area contributed by atoms with E-state index in [0.29, 0.717) is 0 Å². The van der Waals surface area contributed by atoms with Gasteiger partial charge >= 0.3 is 17.1 Å². The van der Waals surface area contributed by atoms with E-state index in [4.69, 9.17) is 0 Å². The molecule has 287 valence electrons. The van der Waals surface area contributed by atoms with Crippen molar-refractivity contribution in [1.82, 2.24) is 47.1 Å². The van der Waals surface area contributed by atoms with E-state index >= 15 is 0 Å². The first-order chi connectivity index (χ1) is 23.5. The van der Waals surface area contributed by atoms with Gasteiger partial charge in [0.25, 0.3) is 0 Å². The largest absolute Gasteiger partial charge is 3.00 e. The maximum Gasteiger partial charge on any atom is 3.00 e. The molecule has 0 aromatic heterocycles. The Labute approximate surface area is 303 Å². The molecule has 0 aromatic rings. The Morgan fingerprint density at radius 1 is 0.569 bits per heavy atom. The molecule has 7 N–H and O–H groups in total. The zero-order chi connectivity index (χ0) is 38.0. The van der Waals surface area contributed by atoms with Crippen LogP contribution in [-0.2, 0) is 60.2 Å². The molecule has 1 heterocycles. The first kappa shape index (κ1) is 46.6. The van der Waals surface area contributed by atoms with Crippen molar-refractivity contribution >= 4 is 53.2 Å². The van der Waals surface area contributed by atoms with E-state index in [2.05, 4.69) is 31.9 Å². The Hall–Kier alpha value is -4.41. The Morgan fingerprint density at radius 3 is 1.20 bits per heavy atom. The summed E-state index contributed by atoms with van der Waals surface area (Å²) in [6, 6.07) is -5.96. The average molecular weight is 771 g/mol. The van der Waals surface area contributed by atoms with E-state index in [1.165, 1.54) is 0 Å². The van der Waals surface area contributed by atoms with Crippen molar-refractivity contribution in [2.45, 2.75) is 83.5 Å². The molecule has 1 aliphatic heterocycles. The molecule has 4 atom stereocenters. The molecular weight excluding hydrogens is 726 g/mol. The van der Waals surface area contributed by atoms with E-state index in [-0.39, 0.29) is 90.4 Å². The van der Waals surface area contributed by atoms with Crippen molar-refractivity contribution in [1.29, 1.82) is 0 Å². The van der Waals surface area contributed by atoms with Gasteiger partial charge in [-0.25, -0.2) is 0 Å². The summed E-state index contributed by atoms with van der Waals surface area (Å²) in [6.45, 7) is -0.427. The third-order valence-corrected chi connectivity index (χ3v) is 7.21. The molecule has 1 radical (unpaired) electrons. The minimum atomic E-state index is -1.56. The quantitative estimate of drug-likeness (QED) is 0.0688. The smallest absolute Gasteiger partial charge is 0.756 e. The Morgan fingerprint density at radius 2 is 0.863 bits per heavy atom. The molecule has 23 heteroatoms. The van der Waals surface area contributed by atoms with Crippen molar-refractivity contribution in [3.05, 3.63) is 15.6 Å². The van der Waals surface area contributed by atoms with Crippen LogP contribution < -0.4 is 31.9 Å². The summed E-state index contributed by atoms with van der Waals surface area (Å²) in [5, 5.41) is 59.1. The number of hydroxylamine groups is 6. The fourth-order valence-electron chi connectivity index (χ4n) is 4.41. The molecule has 4 unspecified atom stereocenters. The van der Waals surface area contributed by atoms with Crippen LogP contribution in [0.3, 0.4) is 0 Å². The van der Waals surface area contributed by atoms with Gasteiger partial charge in [0.2, 0.25) is 53.2 Å². The molecule has 0 saturated carbocycles. The number of nitrogens with one attached hydrogen (secondary N) is 6. The first-order valence-electron chi connectivity index (χ1n) is 15.7. The van der Waals surface area contributed by atoms with Gasteiger partial charge < -0.3 is 67.8 Å². The molecule has 9 amide bonds. The van der Waals surface area contributed by atoms with Crippen LogP contribution in [0.25, 0.3) is 0 Å². The standard InChI is InChI=1S/C28H44N9O13.Fe/c1-16(39)35(48)10-4-7-19-25(44)29-14-24(43)32-22(15-38)26(45)30-13-23(42)31-20(8-5-11-36(49)17(2)40)27(46)34-21(28(47)33-19)9-6-12-37(50)18(3)41;/h19-22,38H,4-15H2,1-3H3,(H,29,44)(H,30,45)(H,31,42)(H,32,43)(H,33,47)(H,34,46);/q-3;+3. The maximum absolute atomic E-state index is 13.5. The molecule has 1 fully saturated rings. The predicted octanol–water partition coefficient (Wildman–Crippen LogP) is -4.46. The van der Waals surface area contributed by atoms with Gasteiger partial charge in [-0.3, -0.25) is 43.2 Å². The molecule has 0 spiro atoms. The summed E-state index contributed by atoms with van der Waals surface area (Å²) in [5.74, 6) is -8.20. The van der Waals surface area contributed by atoms with Crippen LogP contribution in [0, 0.1) is 15.6 Å². The van der Waals surface area contributed by atoms with Gasteiger partial charge in [0.05, 0.1) is 19.7 Å². The van der Waals surface area contributed by atoms with Crippen LogP contribution >= 0.6 is 0 Å². The molecule has 1 saturated heterocycles. The summed E-state index contributed by atoms with van der Waals surface area (Å²) in [4.78, 5) is 112. The topological polar surface area (TPSA) is 325 Å². The fourth-order valence-corrected chi connectivity index (χ4v) is 4.41. The second-order valence-corrected chi connectivity index (χ2v) is 11.3. The number of nitrogens with zero attached hydrogens (tertiary/aromatic N) is 3. The molecule has 0 aromatic carbocycles. The summed E-state index contributed by atoms with van der Waals surface area (Å²) in [7, 11) is 0. The third-order valence-electron chi connectivity index (χ3n) is 7.21. The minimum Gasteiger partial charge on any atom is -0.756 e. The van der Waals surface area contributed by atoms with Gasteiger partial charge in [-0.1, -0.05) is 0 Å². The van der Waals surface area contributed by atoms with E-state index in [1.54, 1.807) is 0 Å². The van der Waals surface area contributed by atoms with Crippen LogP contribution in [0.2, 0.25) is 0 Å². The Bertz CT molecular complexity index is 1230. The van der Waals surface area contributed by atoms with Crippen LogP contribution in [0.1, 0.15) is 59.3 Å². The Balaban J connectivity index is 0.0000250. The van der Waals surface area contributed by atoms with Crippen LogP contribution in [0.15, 0.2) is 0 Å². The molecular formula is C28H44FeN9O13. The SMILES string of the molecule is CC(=O)N([O-])CCCC1NC(=O)CNC(=O)C(CO)NC(=O)CNC(=O)C(CCCN([O-])C(C)=O)NC(=O)C(CCCN([O-])C(C)=O)NC1=O.[Fe+3]. The van der Waals surface area contributed by atoms with Crippen LogP contribution in [-0.4, -0.2) is 137 Å². The number of hydrogen-bond donors (Lipinski definition) is 7. The van der Waals surface area contributed by atoms with Gasteiger partial charge in [0.1, 0.15) is 24.2 Å². The average Bonchev–Trinajstić information content (AvgIpc) is 3.05. The number of aliphatic hydroxyl groups is 1. The molecule has 0 bridgehead atoms. The third kappa shape index (κ3) is 17.9.